The summed E-state index contributed by atoms with van der Waals surface area (Å²) in [6.45, 7) is 16.6. The highest BCUT2D eigenvalue weighted by atomic mass is 16.1. The van der Waals surface area contributed by atoms with E-state index in [9.17, 15) is 9.59 Å². The van der Waals surface area contributed by atoms with Gasteiger partial charge < -0.3 is 4.79 Å². The number of carbonyl (C=O) groups excluding carboxylic acids is 2. The van der Waals surface area contributed by atoms with Gasteiger partial charge in [0, 0.05) is 17.8 Å². The second kappa shape index (κ2) is 6.80. The number of allylic oxidation sites excluding steroid dienone is 1. The van der Waals surface area contributed by atoms with Crippen molar-refractivity contribution in [2.45, 2.75) is 98.8 Å². The molecule has 0 aliphatic heterocycles. The SMILES string of the molecule is C=C(C)[C@H]1CC[C@]2(C=O)CC[C@]3(C)C(CCC4[C@@]5(C)CCC(=O)[C@H](C)C5CC[C@]43C)C12. The molecule has 0 aromatic heterocycles. The number of rotatable bonds is 2. The Balaban J connectivity index is 1.55. The molecular weight excluding hydrogens is 380 g/mol. The fourth-order valence-electron chi connectivity index (χ4n) is 10.8. The minimum atomic E-state index is -0.0934. The van der Waals surface area contributed by atoms with E-state index in [1.54, 1.807) is 0 Å². The molecule has 10 atom stereocenters. The van der Waals surface area contributed by atoms with E-state index in [1.165, 1.54) is 44.0 Å². The summed E-state index contributed by atoms with van der Waals surface area (Å²) < 4.78 is 0. The fourth-order valence-corrected chi connectivity index (χ4v) is 10.8. The largest absolute Gasteiger partial charge is 0.303 e. The Kier molecular flexibility index (Phi) is 4.80. The van der Waals surface area contributed by atoms with Crippen LogP contribution in [0.1, 0.15) is 98.8 Å². The Hall–Kier alpha value is -0.920. The van der Waals surface area contributed by atoms with Gasteiger partial charge in [-0.3, -0.25) is 4.79 Å². The van der Waals surface area contributed by atoms with Gasteiger partial charge in [0.05, 0.1) is 0 Å². The van der Waals surface area contributed by atoms with Gasteiger partial charge in [-0.25, -0.2) is 0 Å². The number of hydrogen-bond donors (Lipinski definition) is 0. The minimum Gasteiger partial charge on any atom is -0.303 e. The first kappa shape index (κ1) is 21.9. The summed E-state index contributed by atoms with van der Waals surface area (Å²) in [5.41, 5.74) is 2.13. The maximum absolute atomic E-state index is 12.6. The van der Waals surface area contributed by atoms with Crippen molar-refractivity contribution in [3.63, 3.8) is 0 Å². The van der Waals surface area contributed by atoms with Crippen LogP contribution in [0.25, 0.3) is 0 Å². The average molecular weight is 425 g/mol. The molecule has 5 aliphatic rings. The van der Waals surface area contributed by atoms with Crippen LogP contribution in [0.15, 0.2) is 12.2 Å². The van der Waals surface area contributed by atoms with Crippen molar-refractivity contribution in [2.24, 2.45) is 57.2 Å². The summed E-state index contributed by atoms with van der Waals surface area (Å²) in [5.74, 6) is 3.69. The number of Topliss-reactive ketones (excluding diaryl/α,β-unsaturated/α-hetero) is 1. The Morgan fingerprint density at radius 3 is 2.35 bits per heavy atom. The molecule has 0 N–H and O–H groups in total. The lowest BCUT2D eigenvalue weighted by molar-refractivity contribution is -0.224. The summed E-state index contributed by atoms with van der Waals surface area (Å²) in [6, 6.07) is 0. The van der Waals surface area contributed by atoms with E-state index in [0.29, 0.717) is 51.6 Å². The zero-order valence-electron chi connectivity index (χ0n) is 20.6. The second-order valence-electron chi connectivity index (χ2n) is 13.3. The predicted molar refractivity (Wildman–Crippen MR) is 125 cm³/mol. The van der Waals surface area contributed by atoms with Crippen molar-refractivity contribution in [3.8, 4) is 0 Å². The summed E-state index contributed by atoms with van der Waals surface area (Å²) in [4.78, 5) is 25.1. The van der Waals surface area contributed by atoms with Gasteiger partial charge >= 0.3 is 0 Å². The fraction of sp³-hybridized carbons (Fsp3) is 0.862. The first-order chi connectivity index (χ1) is 14.5. The molecule has 5 aliphatic carbocycles. The zero-order valence-corrected chi connectivity index (χ0v) is 20.6. The van der Waals surface area contributed by atoms with Crippen molar-refractivity contribution in [2.75, 3.05) is 0 Å². The van der Waals surface area contributed by atoms with Crippen LogP contribution in [-0.2, 0) is 9.59 Å². The third-order valence-corrected chi connectivity index (χ3v) is 12.7. The Morgan fingerprint density at radius 1 is 0.935 bits per heavy atom. The van der Waals surface area contributed by atoms with E-state index >= 15 is 0 Å². The molecule has 2 nitrogen and oxygen atoms in total. The molecule has 4 unspecified atom stereocenters. The average Bonchev–Trinajstić information content (AvgIpc) is 3.12. The van der Waals surface area contributed by atoms with Gasteiger partial charge in [0.15, 0.2) is 0 Å². The number of ketones is 1. The third kappa shape index (κ3) is 2.57. The van der Waals surface area contributed by atoms with Crippen LogP contribution in [0.5, 0.6) is 0 Å². The number of carbonyl (C=O) groups is 2. The van der Waals surface area contributed by atoms with E-state index < -0.39 is 0 Å². The molecule has 0 aromatic rings. The van der Waals surface area contributed by atoms with Crippen LogP contribution in [0.2, 0.25) is 0 Å². The molecule has 5 saturated carbocycles. The topological polar surface area (TPSA) is 34.1 Å². The van der Waals surface area contributed by atoms with E-state index in [4.69, 9.17) is 0 Å². The molecule has 0 amide bonds. The monoisotopic (exact) mass is 424 g/mol. The van der Waals surface area contributed by atoms with Crippen molar-refractivity contribution < 1.29 is 9.59 Å². The van der Waals surface area contributed by atoms with Crippen molar-refractivity contribution >= 4 is 12.1 Å². The molecule has 31 heavy (non-hydrogen) atoms. The molecule has 0 heterocycles. The highest BCUT2D eigenvalue weighted by Crippen LogP contribution is 2.76. The van der Waals surface area contributed by atoms with Crippen LogP contribution in [0.3, 0.4) is 0 Å². The van der Waals surface area contributed by atoms with E-state index in [1.807, 2.05) is 0 Å². The summed E-state index contributed by atoms with van der Waals surface area (Å²) >= 11 is 0. The van der Waals surface area contributed by atoms with Crippen LogP contribution in [-0.4, -0.2) is 12.1 Å². The van der Waals surface area contributed by atoms with Crippen LogP contribution in [0, 0.1) is 57.2 Å². The lowest BCUT2D eigenvalue weighted by Gasteiger charge is -2.71. The van der Waals surface area contributed by atoms with Crippen molar-refractivity contribution in [3.05, 3.63) is 12.2 Å². The number of hydrogen-bond acceptors (Lipinski definition) is 2. The normalized spacial score (nSPS) is 56.1. The lowest BCUT2D eigenvalue weighted by atomic mass is 9.33. The molecule has 0 spiro atoms. The molecule has 0 saturated heterocycles. The molecule has 0 aromatic carbocycles. The van der Waals surface area contributed by atoms with Gasteiger partial charge in [-0.1, -0.05) is 39.8 Å². The standard InChI is InChI=1S/C29H44O2/c1-18(2)20-9-14-29(17-30)16-15-27(5)22(25(20)29)7-8-24-26(4)12-11-23(31)19(3)21(26)10-13-28(24,27)6/h17,19-22,24-25H,1,7-16H2,2-6H3/t19-,20-,21?,22?,24?,25?,26+,27-,28-,29-/m1/s1. The summed E-state index contributed by atoms with van der Waals surface area (Å²) in [5, 5.41) is 0. The third-order valence-electron chi connectivity index (χ3n) is 12.7. The van der Waals surface area contributed by atoms with Gasteiger partial charge in [0.1, 0.15) is 12.1 Å². The zero-order chi connectivity index (χ0) is 22.4. The molecule has 0 bridgehead atoms. The highest BCUT2D eigenvalue weighted by molar-refractivity contribution is 5.82. The first-order valence-corrected chi connectivity index (χ1v) is 13.2. The molecule has 172 valence electrons. The van der Waals surface area contributed by atoms with Crippen molar-refractivity contribution in [1.29, 1.82) is 0 Å². The Morgan fingerprint density at radius 2 is 1.68 bits per heavy atom. The summed E-state index contributed by atoms with van der Waals surface area (Å²) in [7, 11) is 0. The van der Waals surface area contributed by atoms with Crippen LogP contribution in [0.4, 0.5) is 0 Å². The van der Waals surface area contributed by atoms with Gasteiger partial charge in [0.2, 0.25) is 0 Å². The molecule has 5 rings (SSSR count). The Bertz CT molecular complexity index is 814. The van der Waals surface area contributed by atoms with E-state index in [2.05, 4.69) is 41.2 Å². The van der Waals surface area contributed by atoms with Gasteiger partial charge in [-0.05, 0) is 111 Å². The van der Waals surface area contributed by atoms with E-state index in [0.717, 1.165) is 32.1 Å². The smallest absolute Gasteiger partial charge is 0.136 e. The minimum absolute atomic E-state index is 0.0934. The lowest BCUT2D eigenvalue weighted by Crippen LogP contribution is -2.65. The predicted octanol–water partition coefficient (Wildman–Crippen LogP) is 7.02. The van der Waals surface area contributed by atoms with Crippen LogP contribution < -0.4 is 0 Å². The molecule has 5 fully saturated rings. The maximum atomic E-state index is 12.6. The maximum Gasteiger partial charge on any atom is 0.136 e. The molecule has 0 radical (unpaired) electrons. The number of aldehydes is 1. The van der Waals surface area contributed by atoms with Gasteiger partial charge in [-0.15, -0.1) is 0 Å². The quantitative estimate of drug-likeness (QED) is 0.352. The van der Waals surface area contributed by atoms with Gasteiger partial charge in [-0.2, -0.15) is 0 Å². The molecular formula is C29H44O2. The van der Waals surface area contributed by atoms with Crippen LogP contribution >= 0.6 is 0 Å². The van der Waals surface area contributed by atoms with E-state index in [-0.39, 0.29) is 11.3 Å². The highest BCUT2D eigenvalue weighted by Gasteiger charge is 2.70. The van der Waals surface area contributed by atoms with Crippen molar-refractivity contribution in [1.82, 2.24) is 0 Å². The first-order valence-electron chi connectivity index (χ1n) is 13.2. The Labute approximate surface area is 190 Å². The number of fused-ring (bicyclic) bond motifs is 7. The van der Waals surface area contributed by atoms with Gasteiger partial charge in [0.25, 0.3) is 0 Å². The second-order valence-corrected chi connectivity index (χ2v) is 13.3. The summed E-state index contributed by atoms with van der Waals surface area (Å²) in [6.07, 6.45) is 12.8. The molecule has 2 heteroatoms.